The Morgan fingerprint density at radius 2 is 1.95 bits per heavy atom. The maximum Gasteiger partial charge on any atom is 0.235 e. The molecule has 0 spiro atoms. The third kappa shape index (κ3) is 2.33. The van der Waals surface area contributed by atoms with E-state index in [1.807, 2.05) is 13.0 Å². The van der Waals surface area contributed by atoms with Crippen molar-refractivity contribution in [2.45, 2.75) is 6.92 Å². The fourth-order valence-electron chi connectivity index (χ4n) is 2.43. The minimum atomic E-state index is 0.599. The zero-order chi connectivity index (χ0) is 13.2. The molecule has 0 radical (unpaired) electrons. The van der Waals surface area contributed by atoms with Gasteiger partial charge in [-0.2, -0.15) is 0 Å². The van der Waals surface area contributed by atoms with E-state index in [9.17, 15) is 0 Å². The van der Waals surface area contributed by atoms with Crippen molar-refractivity contribution in [1.29, 1.82) is 0 Å². The number of nitrogens with one attached hydrogen (secondary N) is 1. The number of piperazine rings is 1. The number of nitrogens with zero attached hydrogens (tertiary/aromatic N) is 3. The van der Waals surface area contributed by atoms with E-state index in [-0.39, 0.29) is 0 Å². The van der Waals surface area contributed by atoms with Crippen LogP contribution in [0, 0.1) is 6.92 Å². The topological polar surface area (TPSA) is 50.3 Å². The van der Waals surface area contributed by atoms with E-state index in [0.717, 1.165) is 42.9 Å². The van der Waals surface area contributed by atoms with E-state index in [1.54, 1.807) is 7.11 Å². The molecule has 0 atom stereocenters. The van der Waals surface area contributed by atoms with Gasteiger partial charge in [0.25, 0.3) is 0 Å². The van der Waals surface area contributed by atoms with Crippen LogP contribution in [-0.4, -0.2) is 43.3 Å². The van der Waals surface area contributed by atoms with Gasteiger partial charge in [0.05, 0.1) is 18.1 Å². The van der Waals surface area contributed by atoms with Crippen molar-refractivity contribution >= 4 is 16.7 Å². The lowest BCUT2D eigenvalue weighted by Crippen LogP contribution is -2.43. The molecule has 0 unspecified atom stereocenters. The van der Waals surface area contributed by atoms with Crippen LogP contribution in [0.5, 0.6) is 5.88 Å². The summed E-state index contributed by atoms with van der Waals surface area (Å²) in [6.07, 6.45) is 0. The number of aryl methyl sites for hydroxylation is 1. The second-order valence-corrected chi connectivity index (χ2v) is 4.73. The molecule has 1 saturated heterocycles. The fourth-order valence-corrected chi connectivity index (χ4v) is 2.43. The van der Waals surface area contributed by atoms with Gasteiger partial charge in [-0.15, -0.1) is 0 Å². The van der Waals surface area contributed by atoms with Crippen molar-refractivity contribution in [3.05, 3.63) is 23.9 Å². The number of ether oxygens (including phenoxy) is 1. The lowest BCUT2D eigenvalue weighted by atomic mass is 10.2. The van der Waals surface area contributed by atoms with Crippen molar-refractivity contribution in [2.75, 3.05) is 38.2 Å². The van der Waals surface area contributed by atoms with Gasteiger partial charge in [-0.1, -0.05) is 0 Å². The Morgan fingerprint density at radius 1 is 1.16 bits per heavy atom. The fraction of sp³-hybridized carbons (Fsp3) is 0.429. The minimum absolute atomic E-state index is 0.599. The molecule has 2 aromatic rings. The van der Waals surface area contributed by atoms with Crippen LogP contribution < -0.4 is 15.0 Å². The van der Waals surface area contributed by atoms with Gasteiger partial charge >= 0.3 is 0 Å². The van der Waals surface area contributed by atoms with Crippen molar-refractivity contribution in [3.8, 4) is 5.88 Å². The van der Waals surface area contributed by atoms with E-state index >= 15 is 0 Å². The molecule has 3 rings (SSSR count). The third-order valence-electron chi connectivity index (χ3n) is 3.45. The first-order valence-electron chi connectivity index (χ1n) is 6.56. The molecule has 0 saturated carbocycles. The Balaban J connectivity index is 2.00. The average molecular weight is 258 g/mol. The highest BCUT2D eigenvalue weighted by atomic mass is 16.5. The molecular formula is C14H18N4O. The summed E-state index contributed by atoms with van der Waals surface area (Å²) >= 11 is 0. The molecule has 5 heteroatoms. The summed E-state index contributed by atoms with van der Waals surface area (Å²) in [5.41, 5.74) is 3.84. The average Bonchev–Trinajstić information content (AvgIpc) is 2.47. The molecule has 2 heterocycles. The molecule has 100 valence electrons. The summed E-state index contributed by atoms with van der Waals surface area (Å²) < 4.78 is 5.21. The number of fused-ring (bicyclic) bond motifs is 1. The number of rotatable bonds is 2. The highest BCUT2D eigenvalue weighted by Gasteiger charge is 2.12. The Kier molecular flexibility index (Phi) is 3.21. The first-order valence-corrected chi connectivity index (χ1v) is 6.56. The van der Waals surface area contributed by atoms with Gasteiger partial charge in [0.1, 0.15) is 5.69 Å². The summed E-state index contributed by atoms with van der Waals surface area (Å²) in [6, 6.07) is 6.23. The predicted molar refractivity (Wildman–Crippen MR) is 75.9 cm³/mol. The van der Waals surface area contributed by atoms with Gasteiger partial charge in [-0.05, 0) is 25.1 Å². The maximum absolute atomic E-state index is 5.21. The molecule has 1 fully saturated rings. The quantitative estimate of drug-likeness (QED) is 0.881. The molecule has 19 heavy (non-hydrogen) atoms. The zero-order valence-corrected chi connectivity index (χ0v) is 11.3. The molecule has 1 aromatic heterocycles. The molecule has 5 nitrogen and oxygen atoms in total. The van der Waals surface area contributed by atoms with Crippen LogP contribution in [-0.2, 0) is 0 Å². The number of aromatic nitrogens is 2. The summed E-state index contributed by atoms with van der Waals surface area (Å²) in [7, 11) is 1.62. The minimum Gasteiger partial charge on any atom is -0.480 e. The normalized spacial score (nSPS) is 15.8. The van der Waals surface area contributed by atoms with Gasteiger partial charge in [-0.25, -0.2) is 9.97 Å². The molecule has 1 aliphatic rings. The van der Waals surface area contributed by atoms with Crippen LogP contribution in [0.2, 0.25) is 0 Å². The summed E-state index contributed by atoms with van der Waals surface area (Å²) in [4.78, 5) is 11.4. The standard InChI is InChI=1S/C14H18N4O/c1-10-14(19-2)17-12-4-3-11(9-13(12)16-10)18-7-5-15-6-8-18/h3-4,9,15H,5-8H2,1-2H3. The number of methoxy groups -OCH3 is 1. The van der Waals surface area contributed by atoms with E-state index in [1.165, 1.54) is 5.69 Å². The number of benzene rings is 1. The van der Waals surface area contributed by atoms with Crippen LogP contribution in [0.3, 0.4) is 0 Å². The van der Waals surface area contributed by atoms with Gasteiger partial charge in [0, 0.05) is 31.9 Å². The molecule has 1 aromatic carbocycles. The first-order chi connectivity index (χ1) is 9.28. The van der Waals surface area contributed by atoms with Crippen LogP contribution in [0.15, 0.2) is 18.2 Å². The summed E-state index contributed by atoms with van der Waals surface area (Å²) in [6.45, 7) is 6.06. The Labute approximate surface area is 112 Å². The maximum atomic E-state index is 5.21. The summed E-state index contributed by atoms with van der Waals surface area (Å²) in [5, 5.41) is 3.36. The van der Waals surface area contributed by atoms with E-state index in [0.29, 0.717) is 5.88 Å². The molecule has 0 bridgehead atoms. The van der Waals surface area contributed by atoms with E-state index in [4.69, 9.17) is 4.74 Å². The van der Waals surface area contributed by atoms with E-state index < -0.39 is 0 Å². The highest BCUT2D eigenvalue weighted by molar-refractivity contribution is 5.79. The molecule has 1 aliphatic heterocycles. The number of hydrogen-bond acceptors (Lipinski definition) is 5. The van der Waals surface area contributed by atoms with Crippen LogP contribution in [0.4, 0.5) is 5.69 Å². The van der Waals surface area contributed by atoms with E-state index in [2.05, 4.69) is 32.3 Å². The van der Waals surface area contributed by atoms with Crippen LogP contribution in [0.25, 0.3) is 11.0 Å². The Morgan fingerprint density at radius 3 is 2.68 bits per heavy atom. The smallest absolute Gasteiger partial charge is 0.235 e. The van der Waals surface area contributed by atoms with Crippen molar-refractivity contribution in [1.82, 2.24) is 15.3 Å². The van der Waals surface area contributed by atoms with Gasteiger partial charge in [0.2, 0.25) is 5.88 Å². The molecule has 1 N–H and O–H groups in total. The second kappa shape index (κ2) is 5.01. The molecule has 0 aliphatic carbocycles. The largest absolute Gasteiger partial charge is 0.480 e. The Bertz CT molecular complexity index is 593. The van der Waals surface area contributed by atoms with Gasteiger partial charge in [-0.3, -0.25) is 0 Å². The molecular weight excluding hydrogens is 240 g/mol. The highest BCUT2D eigenvalue weighted by Crippen LogP contribution is 2.23. The monoisotopic (exact) mass is 258 g/mol. The number of hydrogen-bond donors (Lipinski definition) is 1. The Hall–Kier alpha value is -1.88. The van der Waals surface area contributed by atoms with Gasteiger partial charge in [0.15, 0.2) is 0 Å². The summed E-state index contributed by atoms with van der Waals surface area (Å²) in [5.74, 6) is 0.599. The van der Waals surface area contributed by atoms with Crippen molar-refractivity contribution < 1.29 is 4.74 Å². The second-order valence-electron chi connectivity index (χ2n) is 4.73. The third-order valence-corrected chi connectivity index (χ3v) is 3.45. The van der Waals surface area contributed by atoms with Crippen LogP contribution >= 0.6 is 0 Å². The van der Waals surface area contributed by atoms with Crippen molar-refractivity contribution in [3.63, 3.8) is 0 Å². The van der Waals surface area contributed by atoms with Crippen LogP contribution in [0.1, 0.15) is 5.69 Å². The number of anilines is 1. The van der Waals surface area contributed by atoms with Gasteiger partial charge < -0.3 is 15.0 Å². The SMILES string of the molecule is COc1nc2ccc(N3CCNCC3)cc2nc1C. The lowest BCUT2D eigenvalue weighted by molar-refractivity contribution is 0.394. The molecule has 0 amide bonds. The predicted octanol–water partition coefficient (Wildman–Crippen LogP) is 1.36. The van der Waals surface area contributed by atoms with Crippen molar-refractivity contribution in [2.24, 2.45) is 0 Å². The lowest BCUT2D eigenvalue weighted by Gasteiger charge is -2.29. The first kappa shape index (κ1) is 12.2. The zero-order valence-electron chi connectivity index (χ0n) is 11.3.